The summed E-state index contributed by atoms with van der Waals surface area (Å²) < 4.78 is 6.51. The lowest BCUT2D eigenvalue weighted by Crippen LogP contribution is -2.23. The predicted octanol–water partition coefficient (Wildman–Crippen LogP) is 1.25. The summed E-state index contributed by atoms with van der Waals surface area (Å²) in [5.41, 5.74) is 14.1. The molecule has 0 bridgehead atoms. The number of nitrogens with zero attached hydrogens (tertiary/aromatic N) is 2. The Kier molecular flexibility index (Phi) is 6.94. The van der Waals surface area contributed by atoms with E-state index in [1.165, 1.54) is 36.1 Å². The third-order valence-corrected chi connectivity index (χ3v) is 5.70. The number of aromatic nitrogens is 2. The van der Waals surface area contributed by atoms with Gasteiger partial charge < -0.3 is 36.8 Å². The van der Waals surface area contributed by atoms with E-state index in [2.05, 4.69) is 10.4 Å². The standard InChI is InChI=1S/C26H25N5O6/c1-37-20-5-3-2-4-19(20)25(33)29-14-15-6-8-16(9-7-15)22-21(24(28)32)23(27)31(30-22)18-12-10-17(11-13-18)26(34,35)36/h2-13,34-36H,14,27H2,1H3,(H2,28,32)(H,29,33). The van der Waals surface area contributed by atoms with Gasteiger partial charge in [0.15, 0.2) is 0 Å². The molecule has 4 aromatic rings. The van der Waals surface area contributed by atoms with Gasteiger partial charge in [-0.15, -0.1) is 0 Å². The Balaban J connectivity index is 1.57. The lowest BCUT2D eigenvalue weighted by molar-refractivity contribution is -0.323. The van der Waals surface area contributed by atoms with Crippen LogP contribution in [0.4, 0.5) is 5.82 Å². The van der Waals surface area contributed by atoms with Crippen molar-refractivity contribution in [3.63, 3.8) is 0 Å². The van der Waals surface area contributed by atoms with Gasteiger partial charge in [-0.05, 0) is 42.0 Å². The lowest BCUT2D eigenvalue weighted by atomic mass is 10.0. The quantitative estimate of drug-likeness (QED) is 0.194. The van der Waals surface area contributed by atoms with Crippen molar-refractivity contribution in [3.05, 3.63) is 95.1 Å². The molecule has 0 saturated heterocycles. The van der Waals surface area contributed by atoms with E-state index in [-0.39, 0.29) is 35.1 Å². The van der Waals surface area contributed by atoms with Crippen LogP contribution in [0, 0.1) is 0 Å². The maximum atomic E-state index is 12.5. The SMILES string of the molecule is COc1ccccc1C(=O)NCc1ccc(-c2nn(-c3ccc(C(O)(O)O)cc3)c(N)c2C(N)=O)cc1. The monoisotopic (exact) mass is 503 g/mol. The fraction of sp³-hybridized carbons (Fsp3) is 0.115. The van der Waals surface area contributed by atoms with E-state index in [0.717, 1.165) is 5.56 Å². The topological polar surface area (TPSA) is 186 Å². The van der Waals surface area contributed by atoms with Crippen LogP contribution in [-0.4, -0.2) is 44.0 Å². The fourth-order valence-corrected chi connectivity index (χ4v) is 3.79. The summed E-state index contributed by atoms with van der Waals surface area (Å²) in [6.07, 6.45) is 0. The van der Waals surface area contributed by atoms with E-state index in [9.17, 15) is 24.9 Å². The number of carbonyl (C=O) groups excluding carboxylic acids is 2. The minimum atomic E-state index is -2.99. The largest absolute Gasteiger partial charge is 0.496 e. The highest BCUT2D eigenvalue weighted by molar-refractivity contribution is 6.03. The first kappa shape index (κ1) is 25.4. The number of aliphatic hydroxyl groups is 3. The highest BCUT2D eigenvalue weighted by Crippen LogP contribution is 2.30. The van der Waals surface area contributed by atoms with Gasteiger partial charge >= 0.3 is 5.97 Å². The maximum Gasteiger partial charge on any atom is 0.304 e. The number of carbonyl (C=O) groups is 2. The Bertz CT molecular complexity index is 1440. The number of benzene rings is 3. The van der Waals surface area contributed by atoms with Gasteiger partial charge in [0.05, 0.1) is 18.4 Å². The molecular weight excluding hydrogens is 478 g/mol. The van der Waals surface area contributed by atoms with Crippen molar-refractivity contribution < 1.29 is 29.6 Å². The molecule has 0 saturated carbocycles. The van der Waals surface area contributed by atoms with Gasteiger partial charge in [0.2, 0.25) is 0 Å². The van der Waals surface area contributed by atoms with Crippen LogP contribution >= 0.6 is 0 Å². The predicted molar refractivity (Wildman–Crippen MR) is 134 cm³/mol. The number of methoxy groups -OCH3 is 1. The number of nitrogens with one attached hydrogen (secondary N) is 1. The van der Waals surface area contributed by atoms with E-state index < -0.39 is 11.9 Å². The normalized spacial score (nSPS) is 11.2. The summed E-state index contributed by atoms with van der Waals surface area (Å²) in [7, 11) is 1.50. The Morgan fingerprint density at radius 1 is 1.00 bits per heavy atom. The van der Waals surface area contributed by atoms with Crippen molar-refractivity contribution in [2.24, 2.45) is 5.73 Å². The number of primary amides is 1. The number of nitrogens with two attached hydrogens (primary N) is 2. The molecule has 2 amide bonds. The van der Waals surface area contributed by atoms with Gasteiger partial charge in [-0.2, -0.15) is 5.10 Å². The number of amides is 2. The van der Waals surface area contributed by atoms with E-state index in [1.54, 1.807) is 48.5 Å². The summed E-state index contributed by atoms with van der Waals surface area (Å²) >= 11 is 0. The molecule has 0 spiro atoms. The van der Waals surface area contributed by atoms with Crippen LogP contribution in [0.3, 0.4) is 0 Å². The molecule has 0 fully saturated rings. The molecule has 0 aliphatic heterocycles. The average molecular weight is 504 g/mol. The van der Waals surface area contributed by atoms with Crippen molar-refractivity contribution in [3.8, 4) is 22.7 Å². The molecule has 3 aromatic carbocycles. The molecule has 11 nitrogen and oxygen atoms in total. The van der Waals surface area contributed by atoms with Crippen molar-refractivity contribution in [2.75, 3.05) is 12.8 Å². The highest BCUT2D eigenvalue weighted by atomic mass is 16.7. The molecule has 0 aliphatic carbocycles. The third-order valence-electron chi connectivity index (χ3n) is 5.70. The Labute approximate surface area is 211 Å². The van der Waals surface area contributed by atoms with Crippen LogP contribution in [0.15, 0.2) is 72.8 Å². The van der Waals surface area contributed by atoms with Crippen LogP contribution in [-0.2, 0) is 12.5 Å². The van der Waals surface area contributed by atoms with Crippen molar-refractivity contribution in [1.82, 2.24) is 15.1 Å². The number of rotatable bonds is 8. The van der Waals surface area contributed by atoms with Gasteiger partial charge in [-0.3, -0.25) is 9.59 Å². The number of para-hydroxylation sites is 1. The first-order valence-electron chi connectivity index (χ1n) is 11.1. The second kappa shape index (κ2) is 10.1. The van der Waals surface area contributed by atoms with Crippen LogP contribution in [0.25, 0.3) is 16.9 Å². The van der Waals surface area contributed by atoms with Crippen LogP contribution in [0.2, 0.25) is 0 Å². The van der Waals surface area contributed by atoms with E-state index in [4.69, 9.17) is 16.2 Å². The van der Waals surface area contributed by atoms with Gasteiger partial charge in [0, 0.05) is 17.7 Å². The first-order valence-corrected chi connectivity index (χ1v) is 11.1. The van der Waals surface area contributed by atoms with Crippen molar-refractivity contribution in [2.45, 2.75) is 12.5 Å². The molecule has 4 rings (SSSR count). The zero-order valence-corrected chi connectivity index (χ0v) is 19.8. The average Bonchev–Trinajstić information content (AvgIpc) is 3.24. The van der Waals surface area contributed by atoms with Crippen LogP contribution in [0.1, 0.15) is 31.8 Å². The second-order valence-corrected chi connectivity index (χ2v) is 8.15. The van der Waals surface area contributed by atoms with Gasteiger partial charge in [-0.1, -0.05) is 36.4 Å². The summed E-state index contributed by atoms with van der Waals surface area (Å²) in [5, 5.41) is 35.3. The molecule has 1 aromatic heterocycles. The Morgan fingerprint density at radius 2 is 1.65 bits per heavy atom. The Hall–Kier alpha value is -4.71. The molecule has 37 heavy (non-hydrogen) atoms. The zero-order chi connectivity index (χ0) is 26.7. The van der Waals surface area contributed by atoms with E-state index in [0.29, 0.717) is 22.6 Å². The summed E-state index contributed by atoms with van der Waals surface area (Å²) in [5.74, 6) is -3.58. The number of nitrogen functional groups attached to an aromatic ring is 1. The van der Waals surface area contributed by atoms with Crippen LogP contribution < -0.4 is 21.5 Å². The minimum absolute atomic E-state index is 0.00773. The molecule has 1 heterocycles. The second-order valence-electron chi connectivity index (χ2n) is 8.15. The van der Waals surface area contributed by atoms with Crippen LogP contribution in [0.5, 0.6) is 5.75 Å². The molecule has 0 radical (unpaired) electrons. The smallest absolute Gasteiger partial charge is 0.304 e. The van der Waals surface area contributed by atoms with Crippen molar-refractivity contribution >= 4 is 17.6 Å². The molecule has 190 valence electrons. The van der Waals surface area contributed by atoms with E-state index in [1.807, 2.05) is 0 Å². The minimum Gasteiger partial charge on any atom is -0.496 e. The summed E-state index contributed by atoms with van der Waals surface area (Å²) in [6, 6.07) is 19.3. The Morgan fingerprint density at radius 3 is 2.24 bits per heavy atom. The van der Waals surface area contributed by atoms with Gasteiger partial charge in [0.25, 0.3) is 11.8 Å². The maximum absolute atomic E-state index is 12.5. The van der Waals surface area contributed by atoms with Gasteiger partial charge in [-0.25, -0.2) is 4.68 Å². The van der Waals surface area contributed by atoms with E-state index >= 15 is 0 Å². The molecule has 8 N–H and O–H groups in total. The molecule has 11 heteroatoms. The summed E-state index contributed by atoms with van der Waals surface area (Å²) in [4.78, 5) is 24.8. The lowest BCUT2D eigenvalue weighted by Gasteiger charge is -2.14. The molecular formula is C26H25N5O6. The summed E-state index contributed by atoms with van der Waals surface area (Å²) in [6.45, 7) is 0.255. The number of ether oxygens (including phenoxy) is 1. The molecule has 0 unspecified atom stereocenters. The van der Waals surface area contributed by atoms with Gasteiger partial charge in [0.1, 0.15) is 22.8 Å². The number of hydrogen-bond donors (Lipinski definition) is 6. The molecule has 0 atom stereocenters. The number of anilines is 1. The van der Waals surface area contributed by atoms with Crippen molar-refractivity contribution in [1.29, 1.82) is 0 Å². The first-order chi connectivity index (χ1) is 17.6. The zero-order valence-electron chi connectivity index (χ0n) is 19.8. The number of hydrogen-bond acceptors (Lipinski definition) is 8. The fourth-order valence-electron chi connectivity index (χ4n) is 3.79. The highest BCUT2D eigenvalue weighted by Gasteiger charge is 2.24. The third kappa shape index (κ3) is 5.28. The molecule has 0 aliphatic rings.